The van der Waals surface area contributed by atoms with Gasteiger partial charge in [-0.3, -0.25) is 4.90 Å². The minimum atomic E-state index is 0.194. The normalized spacial score (nSPS) is 18.1. The zero-order chi connectivity index (χ0) is 13.9. The van der Waals surface area contributed by atoms with Gasteiger partial charge < -0.3 is 9.84 Å². The van der Waals surface area contributed by atoms with Gasteiger partial charge in [-0.1, -0.05) is 22.9 Å². The third-order valence-electron chi connectivity index (χ3n) is 3.81. The minimum absolute atomic E-state index is 0.194. The predicted octanol–water partition coefficient (Wildman–Crippen LogP) is 2.01. The fourth-order valence-corrected chi connectivity index (χ4v) is 2.45. The molecule has 5 nitrogen and oxygen atoms in total. The monoisotopic (exact) mass is 272 g/mol. The van der Waals surface area contributed by atoms with Crippen LogP contribution < -0.4 is 5.32 Å². The SMILES string of the molecule is Cc1ccc(-c2nc(C(C)N3CCNCC3)no2)cc1. The molecular weight excluding hydrogens is 252 g/mol. The van der Waals surface area contributed by atoms with Crippen molar-refractivity contribution >= 4 is 0 Å². The van der Waals surface area contributed by atoms with Crippen molar-refractivity contribution in [2.24, 2.45) is 0 Å². The Balaban J connectivity index is 1.77. The van der Waals surface area contributed by atoms with Crippen molar-refractivity contribution in [1.29, 1.82) is 0 Å². The minimum Gasteiger partial charge on any atom is -0.334 e. The molecule has 1 aromatic carbocycles. The van der Waals surface area contributed by atoms with Gasteiger partial charge in [0.15, 0.2) is 5.82 Å². The van der Waals surface area contributed by atoms with Gasteiger partial charge in [-0.05, 0) is 26.0 Å². The average molecular weight is 272 g/mol. The number of nitrogens with zero attached hydrogens (tertiary/aromatic N) is 3. The summed E-state index contributed by atoms with van der Waals surface area (Å²) in [4.78, 5) is 6.92. The molecule has 5 heteroatoms. The maximum absolute atomic E-state index is 5.40. The van der Waals surface area contributed by atoms with Crippen molar-refractivity contribution in [2.45, 2.75) is 19.9 Å². The van der Waals surface area contributed by atoms with Gasteiger partial charge >= 0.3 is 0 Å². The maximum Gasteiger partial charge on any atom is 0.257 e. The highest BCUT2D eigenvalue weighted by atomic mass is 16.5. The highest BCUT2D eigenvalue weighted by Gasteiger charge is 2.22. The van der Waals surface area contributed by atoms with E-state index < -0.39 is 0 Å². The lowest BCUT2D eigenvalue weighted by Gasteiger charge is -2.30. The van der Waals surface area contributed by atoms with Crippen LogP contribution in [0.2, 0.25) is 0 Å². The first kappa shape index (κ1) is 13.3. The number of rotatable bonds is 3. The van der Waals surface area contributed by atoms with Crippen molar-refractivity contribution in [2.75, 3.05) is 26.2 Å². The summed E-state index contributed by atoms with van der Waals surface area (Å²) in [6, 6.07) is 8.34. The third kappa shape index (κ3) is 2.73. The Morgan fingerprint density at radius 2 is 1.90 bits per heavy atom. The molecular formula is C15H20N4O. The van der Waals surface area contributed by atoms with Crippen LogP contribution in [0.3, 0.4) is 0 Å². The van der Waals surface area contributed by atoms with Crippen molar-refractivity contribution in [1.82, 2.24) is 20.4 Å². The first-order chi connectivity index (χ1) is 9.74. The first-order valence-corrected chi connectivity index (χ1v) is 7.09. The second-order valence-corrected chi connectivity index (χ2v) is 5.29. The molecule has 1 aliphatic heterocycles. The van der Waals surface area contributed by atoms with Crippen LogP contribution in [0.4, 0.5) is 0 Å². The van der Waals surface area contributed by atoms with Gasteiger partial charge in [0, 0.05) is 31.7 Å². The molecule has 1 atom stereocenters. The lowest BCUT2D eigenvalue weighted by Crippen LogP contribution is -2.44. The number of aromatic nitrogens is 2. The highest BCUT2D eigenvalue weighted by Crippen LogP contribution is 2.22. The number of aryl methyl sites for hydroxylation is 1. The Morgan fingerprint density at radius 3 is 2.60 bits per heavy atom. The molecule has 1 saturated heterocycles. The number of piperazine rings is 1. The van der Waals surface area contributed by atoms with E-state index in [-0.39, 0.29) is 6.04 Å². The van der Waals surface area contributed by atoms with E-state index in [1.165, 1.54) is 5.56 Å². The van der Waals surface area contributed by atoms with Crippen molar-refractivity contribution in [3.63, 3.8) is 0 Å². The molecule has 3 rings (SSSR count). The summed E-state index contributed by atoms with van der Waals surface area (Å²) >= 11 is 0. The second kappa shape index (κ2) is 5.73. The Kier molecular flexibility index (Phi) is 3.80. The lowest BCUT2D eigenvalue weighted by atomic mass is 10.1. The van der Waals surface area contributed by atoms with E-state index in [0.29, 0.717) is 5.89 Å². The Hall–Kier alpha value is -1.72. The van der Waals surface area contributed by atoms with Crippen LogP contribution in [-0.2, 0) is 0 Å². The number of benzene rings is 1. The molecule has 0 amide bonds. The smallest absolute Gasteiger partial charge is 0.257 e. The van der Waals surface area contributed by atoms with E-state index >= 15 is 0 Å². The van der Waals surface area contributed by atoms with Gasteiger partial charge in [0.2, 0.25) is 0 Å². The van der Waals surface area contributed by atoms with Crippen LogP contribution in [-0.4, -0.2) is 41.2 Å². The summed E-state index contributed by atoms with van der Waals surface area (Å²) < 4.78 is 5.40. The van der Waals surface area contributed by atoms with E-state index in [9.17, 15) is 0 Å². The summed E-state index contributed by atoms with van der Waals surface area (Å²) in [7, 11) is 0. The van der Waals surface area contributed by atoms with E-state index in [0.717, 1.165) is 37.6 Å². The maximum atomic E-state index is 5.40. The summed E-state index contributed by atoms with van der Waals surface area (Å²) in [6.07, 6.45) is 0. The third-order valence-corrected chi connectivity index (χ3v) is 3.81. The lowest BCUT2D eigenvalue weighted by molar-refractivity contribution is 0.176. The second-order valence-electron chi connectivity index (χ2n) is 5.29. The van der Waals surface area contributed by atoms with Gasteiger partial charge in [0.25, 0.3) is 5.89 Å². The molecule has 2 aromatic rings. The van der Waals surface area contributed by atoms with Crippen LogP contribution in [0.1, 0.15) is 24.4 Å². The molecule has 0 saturated carbocycles. The van der Waals surface area contributed by atoms with Gasteiger partial charge in [-0.2, -0.15) is 4.98 Å². The van der Waals surface area contributed by atoms with Crippen LogP contribution in [0, 0.1) is 6.92 Å². The molecule has 2 heterocycles. The van der Waals surface area contributed by atoms with E-state index in [1.807, 2.05) is 12.1 Å². The first-order valence-electron chi connectivity index (χ1n) is 7.09. The number of nitrogens with one attached hydrogen (secondary N) is 1. The largest absolute Gasteiger partial charge is 0.334 e. The van der Waals surface area contributed by atoms with Crippen molar-refractivity contribution in [3.8, 4) is 11.5 Å². The number of hydrogen-bond donors (Lipinski definition) is 1. The van der Waals surface area contributed by atoms with Crippen molar-refractivity contribution < 1.29 is 4.52 Å². The predicted molar refractivity (Wildman–Crippen MR) is 77.3 cm³/mol. The summed E-state index contributed by atoms with van der Waals surface area (Å²) in [5.74, 6) is 1.37. The average Bonchev–Trinajstić information content (AvgIpc) is 2.98. The van der Waals surface area contributed by atoms with Gasteiger partial charge in [-0.25, -0.2) is 0 Å². The standard InChI is InChI=1S/C15H20N4O/c1-11-3-5-13(6-4-11)15-17-14(18-20-15)12(2)19-9-7-16-8-10-19/h3-6,12,16H,7-10H2,1-2H3. The summed E-state index contributed by atoms with van der Waals surface area (Å²) in [5, 5.41) is 7.49. The molecule has 1 aliphatic rings. The molecule has 20 heavy (non-hydrogen) atoms. The molecule has 1 N–H and O–H groups in total. The molecule has 0 spiro atoms. The molecule has 0 radical (unpaired) electrons. The van der Waals surface area contributed by atoms with Gasteiger partial charge in [-0.15, -0.1) is 0 Å². The van der Waals surface area contributed by atoms with Crippen LogP contribution in [0.5, 0.6) is 0 Å². The quantitative estimate of drug-likeness (QED) is 0.926. The van der Waals surface area contributed by atoms with Crippen molar-refractivity contribution in [3.05, 3.63) is 35.7 Å². The van der Waals surface area contributed by atoms with Gasteiger partial charge in [0.1, 0.15) is 0 Å². The molecule has 1 aromatic heterocycles. The molecule has 1 fully saturated rings. The molecule has 0 aliphatic carbocycles. The van der Waals surface area contributed by atoms with Crippen LogP contribution >= 0.6 is 0 Å². The van der Waals surface area contributed by atoms with Gasteiger partial charge in [0.05, 0.1) is 6.04 Å². The van der Waals surface area contributed by atoms with E-state index in [4.69, 9.17) is 4.52 Å². The Labute approximate surface area is 119 Å². The zero-order valence-electron chi connectivity index (χ0n) is 12.0. The fourth-order valence-electron chi connectivity index (χ4n) is 2.45. The Morgan fingerprint density at radius 1 is 1.20 bits per heavy atom. The van der Waals surface area contributed by atoms with E-state index in [1.54, 1.807) is 0 Å². The summed E-state index contributed by atoms with van der Waals surface area (Å²) in [5.41, 5.74) is 2.20. The topological polar surface area (TPSA) is 54.2 Å². The molecule has 0 bridgehead atoms. The number of hydrogen-bond acceptors (Lipinski definition) is 5. The van der Waals surface area contributed by atoms with Crippen LogP contribution in [0.15, 0.2) is 28.8 Å². The van der Waals surface area contributed by atoms with E-state index in [2.05, 4.69) is 46.3 Å². The molecule has 1 unspecified atom stereocenters. The Bertz CT molecular complexity index is 558. The zero-order valence-corrected chi connectivity index (χ0v) is 12.0. The summed E-state index contributed by atoms with van der Waals surface area (Å²) in [6.45, 7) is 8.29. The fraction of sp³-hybridized carbons (Fsp3) is 0.467. The molecule has 106 valence electrons. The highest BCUT2D eigenvalue weighted by molar-refractivity contribution is 5.53. The van der Waals surface area contributed by atoms with Crippen LogP contribution in [0.25, 0.3) is 11.5 Å².